The number of allylic oxidation sites excluding steroid dienone is 1. The van der Waals surface area contributed by atoms with Gasteiger partial charge in [-0.3, -0.25) is 0 Å². The first-order chi connectivity index (χ1) is 5.56. The number of primary sulfonamides is 1. The highest BCUT2D eigenvalue weighted by molar-refractivity contribution is 7.92. The van der Waals surface area contributed by atoms with Gasteiger partial charge in [-0.25, -0.2) is 13.6 Å². The third kappa shape index (κ3) is 8.96. The van der Waals surface area contributed by atoms with Crippen molar-refractivity contribution in [2.24, 2.45) is 10.3 Å². The molecule has 0 saturated carbocycles. The molecule has 0 aliphatic rings. The van der Waals surface area contributed by atoms with Crippen LogP contribution in [0.3, 0.4) is 0 Å². The summed E-state index contributed by atoms with van der Waals surface area (Å²) < 4.78 is 20.7. The third-order valence-corrected chi connectivity index (χ3v) is 1.55. The molecule has 0 spiro atoms. The summed E-state index contributed by atoms with van der Waals surface area (Å²) in [6, 6.07) is 0. The number of nitrogens with zero attached hydrogens (tertiary/aromatic N) is 3. The van der Waals surface area contributed by atoms with Crippen LogP contribution in [0.2, 0.25) is 0 Å². The first kappa shape index (κ1) is 11.0. The SMILES string of the molecule is [N-]=[N+]=NCCCC=CS(N)(=O)=O. The molecule has 7 heteroatoms. The second-order valence-electron chi connectivity index (χ2n) is 2.06. The molecule has 0 aromatic heterocycles. The molecule has 0 aromatic carbocycles. The molecule has 0 unspecified atom stereocenters. The van der Waals surface area contributed by atoms with Crippen LogP contribution < -0.4 is 5.14 Å². The van der Waals surface area contributed by atoms with E-state index >= 15 is 0 Å². The highest BCUT2D eigenvalue weighted by Crippen LogP contribution is 1.93. The largest absolute Gasteiger partial charge is 0.230 e. The number of hydrogen-bond acceptors (Lipinski definition) is 3. The molecule has 0 aliphatic heterocycles. The van der Waals surface area contributed by atoms with Crippen molar-refractivity contribution in [3.8, 4) is 0 Å². The molecule has 0 bridgehead atoms. The Bertz CT molecular complexity index is 289. The van der Waals surface area contributed by atoms with E-state index in [1.54, 1.807) is 0 Å². The van der Waals surface area contributed by atoms with Crippen LogP contribution in [0, 0.1) is 0 Å². The van der Waals surface area contributed by atoms with Gasteiger partial charge in [0.05, 0.1) is 0 Å². The van der Waals surface area contributed by atoms with E-state index in [0.29, 0.717) is 19.4 Å². The van der Waals surface area contributed by atoms with Crippen LogP contribution in [-0.4, -0.2) is 15.0 Å². The first-order valence-corrected chi connectivity index (χ1v) is 4.87. The van der Waals surface area contributed by atoms with Crippen LogP contribution in [0.15, 0.2) is 16.6 Å². The molecule has 0 aromatic rings. The minimum Gasteiger partial charge on any atom is -0.225 e. The molecule has 2 N–H and O–H groups in total. The average molecular weight is 190 g/mol. The minimum absolute atomic E-state index is 0.367. The molecule has 0 heterocycles. The Labute approximate surface area is 70.7 Å². The van der Waals surface area contributed by atoms with E-state index in [1.807, 2.05) is 0 Å². The van der Waals surface area contributed by atoms with E-state index < -0.39 is 10.0 Å². The lowest BCUT2D eigenvalue weighted by Crippen LogP contribution is -2.06. The fraction of sp³-hybridized carbons (Fsp3) is 0.600. The molecule has 0 rings (SSSR count). The average Bonchev–Trinajstić information content (AvgIpc) is 1.94. The molecule has 0 aliphatic carbocycles. The molecule has 68 valence electrons. The standard InChI is InChI=1S/C5H10N4O2S/c6-9-8-4-2-1-3-5-12(7,10)11/h3,5H,1-2,4H2,(H2,7,10,11). The highest BCUT2D eigenvalue weighted by atomic mass is 32.2. The predicted molar refractivity (Wildman–Crippen MR) is 45.5 cm³/mol. The second kappa shape index (κ2) is 5.59. The summed E-state index contributed by atoms with van der Waals surface area (Å²) in [5.74, 6) is 0. The molecule has 0 fully saturated rings. The van der Waals surface area contributed by atoms with Gasteiger partial charge in [0.25, 0.3) is 0 Å². The molecular formula is C5H10N4O2S. The fourth-order valence-electron chi connectivity index (χ4n) is 0.527. The van der Waals surface area contributed by atoms with E-state index in [0.717, 1.165) is 5.41 Å². The van der Waals surface area contributed by atoms with Crippen molar-refractivity contribution in [2.45, 2.75) is 12.8 Å². The van der Waals surface area contributed by atoms with Crippen molar-refractivity contribution < 1.29 is 8.42 Å². The third-order valence-electron chi connectivity index (χ3n) is 0.978. The van der Waals surface area contributed by atoms with E-state index in [9.17, 15) is 8.42 Å². The van der Waals surface area contributed by atoms with Gasteiger partial charge in [0.2, 0.25) is 10.0 Å². The summed E-state index contributed by atoms with van der Waals surface area (Å²) in [4.78, 5) is 2.54. The lowest BCUT2D eigenvalue weighted by atomic mass is 10.3. The Hall–Kier alpha value is -1.04. The fourth-order valence-corrected chi connectivity index (χ4v) is 0.931. The van der Waals surface area contributed by atoms with E-state index in [1.165, 1.54) is 6.08 Å². The molecule has 0 atom stereocenters. The van der Waals surface area contributed by atoms with Gasteiger partial charge < -0.3 is 0 Å². The lowest BCUT2D eigenvalue weighted by molar-refractivity contribution is 0.606. The van der Waals surface area contributed by atoms with Crippen molar-refractivity contribution in [3.63, 3.8) is 0 Å². The molecule has 0 saturated heterocycles. The molecular weight excluding hydrogens is 180 g/mol. The van der Waals surface area contributed by atoms with Crippen LogP contribution in [0.5, 0.6) is 0 Å². The summed E-state index contributed by atoms with van der Waals surface area (Å²) in [7, 11) is -3.50. The normalized spacial score (nSPS) is 11.4. The van der Waals surface area contributed by atoms with Gasteiger partial charge in [0, 0.05) is 16.9 Å². The maximum absolute atomic E-state index is 10.3. The Balaban J connectivity index is 3.57. The van der Waals surface area contributed by atoms with Gasteiger partial charge in [-0.2, -0.15) is 0 Å². The summed E-state index contributed by atoms with van der Waals surface area (Å²) >= 11 is 0. The first-order valence-electron chi connectivity index (χ1n) is 3.26. The Morgan fingerprint density at radius 1 is 1.58 bits per heavy atom. The van der Waals surface area contributed by atoms with E-state index in [-0.39, 0.29) is 0 Å². The number of rotatable bonds is 5. The van der Waals surface area contributed by atoms with Gasteiger partial charge in [0.1, 0.15) is 0 Å². The quantitative estimate of drug-likeness (QED) is 0.300. The smallest absolute Gasteiger partial charge is 0.225 e. The number of hydrogen-bond donors (Lipinski definition) is 1. The summed E-state index contributed by atoms with van der Waals surface area (Å²) in [5, 5.41) is 8.89. The molecule has 0 radical (unpaired) electrons. The van der Waals surface area contributed by atoms with Crippen molar-refractivity contribution in [1.29, 1.82) is 0 Å². The summed E-state index contributed by atoms with van der Waals surface area (Å²) in [6.45, 7) is 0.367. The lowest BCUT2D eigenvalue weighted by Gasteiger charge is -1.87. The number of unbranched alkanes of at least 4 members (excludes halogenated alkanes) is 1. The number of sulfonamides is 1. The van der Waals surface area contributed by atoms with E-state index in [2.05, 4.69) is 15.2 Å². The van der Waals surface area contributed by atoms with Gasteiger partial charge in [0.15, 0.2) is 0 Å². The van der Waals surface area contributed by atoms with E-state index in [4.69, 9.17) is 5.53 Å². The predicted octanol–water partition coefficient (Wildman–Crippen LogP) is 0.879. The topological polar surface area (TPSA) is 109 Å². The zero-order chi connectivity index (χ0) is 9.45. The van der Waals surface area contributed by atoms with Crippen LogP contribution in [0.25, 0.3) is 10.4 Å². The maximum Gasteiger partial charge on any atom is 0.230 e. The van der Waals surface area contributed by atoms with Gasteiger partial charge in [-0.05, 0) is 18.4 Å². The molecule has 12 heavy (non-hydrogen) atoms. The van der Waals surface area contributed by atoms with Crippen LogP contribution in [0.1, 0.15) is 12.8 Å². The minimum atomic E-state index is -3.50. The monoisotopic (exact) mass is 190 g/mol. The Morgan fingerprint density at radius 2 is 2.25 bits per heavy atom. The second-order valence-corrected chi connectivity index (χ2v) is 3.51. The Morgan fingerprint density at radius 3 is 2.75 bits per heavy atom. The Kier molecular flexibility index (Phi) is 5.11. The van der Waals surface area contributed by atoms with Crippen LogP contribution in [-0.2, 0) is 10.0 Å². The van der Waals surface area contributed by atoms with Gasteiger partial charge in [-0.15, -0.1) is 0 Å². The van der Waals surface area contributed by atoms with Crippen LogP contribution in [0.4, 0.5) is 0 Å². The van der Waals surface area contributed by atoms with Crippen molar-refractivity contribution >= 4 is 10.0 Å². The number of azide groups is 1. The number of nitrogens with two attached hydrogens (primary N) is 1. The molecule has 6 nitrogen and oxygen atoms in total. The maximum atomic E-state index is 10.3. The van der Waals surface area contributed by atoms with Crippen LogP contribution >= 0.6 is 0 Å². The van der Waals surface area contributed by atoms with Gasteiger partial charge >= 0.3 is 0 Å². The zero-order valence-corrected chi connectivity index (χ0v) is 7.24. The zero-order valence-electron chi connectivity index (χ0n) is 6.42. The highest BCUT2D eigenvalue weighted by Gasteiger charge is 1.91. The van der Waals surface area contributed by atoms with Crippen molar-refractivity contribution in [3.05, 3.63) is 21.9 Å². The van der Waals surface area contributed by atoms with Crippen molar-refractivity contribution in [2.75, 3.05) is 6.54 Å². The summed E-state index contributed by atoms with van der Waals surface area (Å²) in [6.07, 6.45) is 2.59. The van der Waals surface area contributed by atoms with Crippen molar-refractivity contribution in [1.82, 2.24) is 0 Å². The molecule has 0 amide bonds. The summed E-state index contributed by atoms with van der Waals surface area (Å²) in [5.41, 5.74) is 7.88. The van der Waals surface area contributed by atoms with Gasteiger partial charge in [-0.1, -0.05) is 11.2 Å².